The first kappa shape index (κ1) is 16.6. The number of aromatic amines is 1. The number of hydrogen-bond donors (Lipinski definition) is 1. The number of H-pyrrole nitrogens is 1. The van der Waals surface area contributed by atoms with Crippen molar-refractivity contribution in [3.63, 3.8) is 0 Å². The maximum Gasteiger partial charge on any atom is 0.200 e. The van der Waals surface area contributed by atoms with Crippen molar-refractivity contribution in [3.8, 4) is 22.8 Å². The van der Waals surface area contributed by atoms with Gasteiger partial charge in [0.25, 0.3) is 0 Å². The minimum absolute atomic E-state index is 0.214. The second-order valence-corrected chi connectivity index (χ2v) is 6.19. The van der Waals surface area contributed by atoms with Crippen LogP contribution in [0, 0.1) is 0 Å². The highest BCUT2D eigenvalue weighted by atomic mass is 16.7. The SMILES string of the molecule is COc1ccc(-c2[nH]ncc2Cc2ccccn2)cc1OC1CCCO1. The Labute approximate surface area is 152 Å². The number of pyridine rings is 1. The zero-order valence-electron chi connectivity index (χ0n) is 14.6. The van der Waals surface area contributed by atoms with E-state index in [9.17, 15) is 0 Å². The maximum absolute atomic E-state index is 6.00. The molecule has 3 heterocycles. The minimum atomic E-state index is -0.214. The van der Waals surface area contributed by atoms with E-state index in [0.717, 1.165) is 42.0 Å². The van der Waals surface area contributed by atoms with Crippen molar-refractivity contribution in [1.82, 2.24) is 15.2 Å². The second kappa shape index (κ2) is 7.58. The van der Waals surface area contributed by atoms with Crippen LogP contribution in [0.3, 0.4) is 0 Å². The van der Waals surface area contributed by atoms with E-state index in [4.69, 9.17) is 14.2 Å². The molecule has 6 nitrogen and oxygen atoms in total. The Morgan fingerprint density at radius 1 is 1.23 bits per heavy atom. The van der Waals surface area contributed by atoms with Crippen LogP contribution in [0.2, 0.25) is 0 Å². The van der Waals surface area contributed by atoms with Crippen LogP contribution in [-0.4, -0.2) is 35.2 Å². The summed E-state index contributed by atoms with van der Waals surface area (Å²) in [5, 5.41) is 7.32. The predicted molar refractivity (Wildman–Crippen MR) is 97.2 cm³/mol. The molecule has 0 bridgehead atoms. The fraction of sp³-hybridized carbons (Fsp3) is 0.300. The smallest absolute Gasteiger partial charge is 0.200 e. The number of ether oxygens (including phenoxy) is 3. The fourth-order valence-electron chi connectivity index (χ4n) is 3.10. The first-order chi connectivity index (χ1) is 12.8. The summed E-state index contributed by atoms with van der Waals surface area (Å²) in [4.78, 5) is 4.40. The lowest BCUT2D eigenvalue weighted by atomic mass is 10.0. The molecular formula is C20H21N3O3. The van der Waals surface area contributed by atoms with Gasteiger partial charge in [0.15, 0.2) is 17.8 Å². The third kappa shape index (κ3) is 3.55. The molecule has 2 aromatic heterocycles. The molecular weight excluding hydrogens is 330 g/mol. The Kier molecular flexibility index (Phi) is 4.84. The van der Waals surface area contributed by atoms with E-state index in [1.54, 1.807) is 13.3 Å². The van der Waals surface area contributed by atoms with E-state index in [2.05, 4.69) is 15.2 Å². The van der Waals surface area contributed by atoms with Gasteiger partial charge in [0.1, 0.15) is 0 Å². The van der Waals surface area contributed by atoms with Crippen LogP contribution < -0.4 is 9.47 Å². The molecule has 0 radical (unpaired) electrons. The normalized spacial score (nSPS) is 16.6. The van der Waals surface area contributed by atoms with Crippen molar-refractivity contribution in [1.29, 1.82) is 0 Å². The summed E-state index contributed by atoms with van der Waals surface area (Å²) in [5.41, 5.74) is 4.02. The van der Waals surface area contributed by atoms with Crippen LogP contribution in [0.1, 0.15) is 24.1 Å². The predicted octanol–water partition coefficient (Wildman–Crippen LogP) is 3.59. The Bertz CT molecular complexity index is 858. The molecule has 1 atom stereocenters. The lowest BCUT2D eigenvalue weighted by Gasteiger charge is -2.16. The molecule has 26 heavy (non-hydrogen) atoms. The van der Waals surface area contributed by atoms with E-state index in [0.29, 0.717) is 17.9 Å². The average Bonchev–Trinajstić information content (AvgIpc) is 3.35. The van der Waals surface area contributed by atoms with Crippen LogP contribution in [0.25, 0.3) is 11.3 Å². The third-order valence-electron chi connectivity index (χ3n) is 4.41. The molecule has 1 saturated heterocycles. The van der Waals surface area contributed by atoms with Gasteiger partial charge >= 0.3 is 0 Å². The average molecular weight is 351 g/mol. The molecule has 1 fully saturated rings. The van der Waals surface area contributed by atoms with Crippen molar-refractivity contribution in [3.05, 3.63) is 60.0 Å². The van der Waals surface area contributed by atoms with Gasteiger partial charge in [-0.25, -0.2) is 0 Å². The largest absolute Gasteiger partial charge is 0.493 e. The van der Waals surface area contributed by atoms with Gasteiger partial charge in [0, 0.05) is 35.9 Å². The van der Waals surface area contributed by atoms with Gasteiger partial charge in [-0.05, 0) is 36.8 Å². The molecule has 0 aliphatic carbocycles. The van der Waals surface area contributed by atoms with Crippen molar-refractivity contribution < 1.29 is 14.2 Å². The monoisotopic (exact) mass is 351 g/mol. The number of nitrogens with zero attached hydrogens (tertiary/aromatic N) is 2. The molecule has 1 aliphatic heterocycles. The molecule has 6 heteroatoms. The van der Waals surface area contributed by atoms with Gasteiger partial charge in [0.05, 0.1) is 25.6 Å². The van der Waals surface area contributed by atoms with E-state index >= 15 is 0 Å². The van der Waals surface area contributed by atoms with Crippen molar-refractivity contribution >= 4 is 0 Å². The summed E-state index contributed by atoms with van der Waals surface area (Å²) in [6.07, 6.45) is 6.05. The quantitative estimate of drug-likeness (QED) is 0.735. The highest BCUT2D eigenvalue weighted by Crippen LogP contribution is 2.35. The van der Waals surface area contributed by atoms with Crippen LogP contribution in [0.15, 0.2) is 48.8 Å². The van der Waals surface area contributed by atoms with Gasteiger partial charge in [-0.2, -0.15) is 5.10 Å². The van der Waals surface area contributed by atoms with Crippen molar-refractivity contribution in [2.24, 2.45) is 0 Å². The van der Waals surface area contributed by atoms with Crippen LogP contribution >= 0.6 is 0 Å². The first-order valence-electron chi connectivity index (χ1n) is 8.72. The summed E-state index contributed by atoms with van der Waals surface area (Å²) in [5.74, 6) is 1.37. The number of rotatable bonds is 6. The second-order valence-electron chi connectivity index (χ2n) is 6.19. The van der Waals surface area contributed by atoms with Crippen LogP contribution in [0.4, 0.5) is 0 Å². The molecule has 4 rings (SSSR count). The number of methoxy groups -OCH3 is 1. The standard InChI is InChI=1S/C20H21N3O3/c1-24-17-8-7-14(12-18(17)26-19-6-4-10-25-19)20-15(13-22-23-20)11-16-5-2-3-9-21-16/h2-3,5,7-9,12-13,19H,4,6,10-11H2,1H3,(H,22,23). The van der Waals surface area contributed by atoms with Gasteiger partial charge in [-0.3, -0.25) is 10.1 Å². The molecule has 1 unspecified atom stereocenters. The first-order valence-corrected chi connectivity index (χ1v) is 8.72. The number of hydrogen-bond acceptors (Lipinski definition) is 5. The molecule has 0 amide bonds. The van der Waals surface area contributed by atoms with Crippen LogP contribution in [0.5, 0.6) is 11.5 Å². The molecule has 1 aliphatic rings. The van der Waals surface area contributed by atoms with Crippen molar-refractivity contribution in [2.45, 2.75) is 25.6 Å². The molecule has 1 N–H and O–H groups in total. The van der Waals surface area contributed by atoms with Gasteiger partial charge in [-0.1, -0.05) is 6.07 Å². The lowest BCUT2D eigenvalue weighted by molar-refractivity contribution is -0.0402. The van der Waals surface area contributed by atoms with Crippen molar-refractivity contribution in [2.75, 3.05) is 13.7 Å². The Balaban J connectivity index is 1.62. The molecule has 3 aromatic rings. The van der Waals surface area contributed by atoms with Crippen LogP contribution in [-0.2, 0) is 11.2 Å². The summed E-state index contributed by atoms with van der Waals surface area (Å²) in [7, 11) is 1.64. The summed E-state index contributed by atoms with van der Waals surface area (Å²) in [6, 6.07) is 11.8. The Hall–Kier alpha value is -2.86. The zero-order valence-corrected chi connectivity index (χ0v) is 14.6. The highest BCUT2D eigenvalue weighted by Gasteiger charge is 2.20. The van der Waals surface area contributed by atoms with E-state index in [1.807, 2.05) is 42.6 Å². The topological polar surface area (TPSA) is 69.3 Å². The van der Waals surface area contributed by atoms with E-state index < -0.39 is 0 Å². The Morgan fingerprint density at radius 3 is 2.96 bits per heavy atom. The maximum atomic E-state index is 6.00. The zero-order chi connectivity index (χ0) is 17.8. The summed E-state index contributed by atoms with van der Waals surface area (Å²) >= 11 is 0. The van der Waals surface area contributed by atoms with E-state index in [-0.39, 0.29) is 6.29 Å². The molecule has 0 spiro atoms. The highest BCUT2D eigenvalue weighted by molar-refractivity contribution is 5.67. The summed E-state index contributed by atoms with van der Waals surface area (Å²) < 4.78 is 17.0. The fourth-order valence-corrected chi connectivity index (χ4v) is 3.10. The third-order valence-corrected chi connectivity index (χ3v) is 4.41. The lowest BCUT2D eigenvalue weighted by Crippen LogP contribution is -2.14. The number of benzene rings is 1. The number of nitrogens with one attached hydrogen (secondary N) is 1. The van der Waals surface area contributed by atoms with Gasteiger partial charge in [-0.15, -0.1) is 0 Å². The Morgan fingerprint density at radius 2 is 2.19 bits per heavy atom. The minimum Gasteiger partial charge on any atom is -0.493 e. The summed E-state index contributed by atoms with van der Waals surface area (Å²) in [6.45, 7) is 0.738. The number of aromatic nitrogens is 3. The molecule has 0 saturated carbocycles. The van der Waals surface area contributed by atoms with Gasteiger partial charge in [0.2, 0.25) is 0 Å². The molecule has 134 valence electrons. The van der Waals surface area contributed by atoms with Gasteiger partial charge < -0.3 is 14.2 Å². The molecule has 1 aromatic carbocycles. The van der Waals surface area contributed by atoms with E-state index in [1.165, 1.54) is 0 Å².